The van der Waals surface area contributed by atoms with Gasteiger partial charge in [0.05, 0.1) is 0 Å². The highest BCUT2D eigenvalue weighted by Crippen LogP contribution is 2.42. The Labute approximate surface area is 156 Å². The lowest BCUT2D eigenvalue weighted by Gasteiger charge is -2.41. The van der Waals surface area contributed by atoms with Crippen LogP contribution in [0.5, 0.6) is 5.75 Å². The molecule has 1 unspecified atom stereocenters. The molecule has 2 heteroatoms. The average molecular weight is 345 g/mol. The quantitative estimate of drug-likeness (QED) is 0.639. The second kappa shape index (κ2) is 6.59. The van der Waals surface area contributed by atoms with Gasteiger partial charge in [-0.3, -0.25) is 4.90 Å². The van der Waals surface area contributed by atoms with Crippen LogP contribution in [0, 0.1) is 6.92 Å². The van der Waals surface area contributed by atoms with E-state index in [1.165, 1.54) is 66.5 Å². The molecule has 2 saturated heterocycles. The second-order valence-electron chi connectivity index (χ2n) is 8.08. The molecular formula is C24H27NO. The van der Waals surface area contributed by atoms with Gasteiger partial charge in [0, 0.05) is 18.2 Å². The van der Waals surface area contributed by atoms with Gasteiger partial charge in [-0.05, 0) is 73.6 Å². The molecule has 3 aliphatic heterocycles. The maximum atomic E-state index is 6.21. The molecule has 5 rings (SSSR count). The molecule has 0 amide bonds. The van der Waals surface area contributed by atoms with Crippen molar-refractivity contribution in [3.05, 3.63) is 70.3 Å². The lowest BCUT2D eigenvalue weighted by molar-refractivity contribution is 0.133. The number of hydrogen-bond donors (Lipinski definition) is 0. The van der Waals surface area contributed by atoms with E-state index in [0.717, 1.165) is 18.3 Å². The van der Waals surface area contributed by atoms with E-state index in [-0.39, 0.29) is 0 Å². The fourth-order valence-electron chi connectivity index (χ4n) is 5.00. The third-order valence-corrected chi connectivity index (χ3v) is 6.35. The number of ether oxygens (including phenoxy) is 1. The number of piperidine rings is 2. The summed E-state index contributed by atoms with van der Waals surface area (Å²) in [5.74, 6) is 1.04. The predicted molar refractivity (Wildman–Crippen MR) is 106 cm³/mol. The van der Waals surface area contributed by atoms with Crippen LogP contribution in [0.25, 0.3) is 5.57 Å². The minimum atomic E-state index is 0.662. The van der Waals surface area contributed by atoms with E-state index in [1.807, 2.05) is 0 Å². The molecule has 0 aromatic heterocycles. The zero-order valence-electron chi connectivity index (χ0n) is 15.6. The molecule has 2 nitrogen and oxygen atoms in total. The zero-order chi connectivity index (χ0) is 17.5. The summed E-state index contributed by atoms with van der Waals surface area (Å²) in [6.45, 7) is 5.23. The summed E-state index contributed by atoms with van der Waals surface area (Å²) in [5.41, 5.74) is 8.33. The van der Waals surface area contributed by atoms with Gasteiger partial charge >= 0.3 is 0 Å². The van der Waals surface area contributed by atoms with Crippen molar-refractivity contribution in [1.29, 1.82) is 0 Å². The Balaban J connectivity index is 1.68. The van der Waals surface area contributed by atoms with Crippen molar-refractivity contribution in [2.24, 2.45) is 0 Å². The van der Waals surface area contributed by atoms with Crippen molar-refractivity contribution >= 4 is 5.57 Å². The minimum Gasteiger partial charge on any atom is -0.488 e. The van der Waals surface area contributed by atoms with Crippen LogP contribution in [0.15, 0.2) is 48.0 Å². The number of hydrogen-bond acceptors (Lipinski definition) is 2. The van der Waals surface area contributed by atoms with Crippen molar-refractivity contribution < 1.29 is 4.74 Å². The molecule has 0 N–H and O–H groups in total. The molecule has 1 atom stereocenters. The lowest BCUT2D eigenvalue weighted by atomic mass is 9.83. The van der Waals surface area contributed by atoms with Gasteiger partial charge in [-0.1, -0.05) is 42.3 Å². The molecule has 3 heterocycles. The Morgan fingerprint density at radius 2 is 1.92 bits per heavy atom. The molecule has 0 bridgehead atoms. The second-order valence-corrected chi connectivity index (χ2v) is 8.08. The van der Waals surface area contributed by atoms with E-state index >= 15 is 0 Å². The van der Waals surface area contributed by atoms with E-state index in [4.69, 9.17) is 4.74 Å². The van der Waals surface area contributed by atoms with Gasteiger partial charge in [0.25, 0.3) is 0 Å². The van der Waals surface area contributed by atoms with Crippen molar-refractivity contribution in [2.75, 3.05) is 13.1 Å². The Morgan fingerprint density at radius 3 is 2.88 bits per heavy atom. The molecule has 0 radical (unpaired) electrons. The molecular weight excluding hydrogens is 318 g/mol. The first kappa shape index (κ1) is 16.1. The van der Waals surface area contributed by atoms with E-state index in [9.17, 15) is 0 Å². The molecule has 0 aliphatic carbocycles. The van der Waals surface area contributed by atoms with Crippen molar-refractivity contribution in [1.82, 2.24) is 4.90 Å². The highest BCUT2D eigenvalue weighted by Gasteiger charge is 2.30. The Hall–Kier alpha value is -2.06. The summed E-state index contributed by atoms with van der Waals surface area (Å²) in [6.07, 6.45) is 6.68. The number of nitrogens with zero attached hydrogens (tertiary/aromatic N) is 1. The minimum absolute atomic E-state index is 0.662. The first-order chi connectivity index (χ1) is 12.8. The molecule has 0 spiro atoms. The molecule has 2 aromatic rings. The van der Waals surface area contributed by atoms with Crippen LogP contribution in [0.1, 0.15) is 54.4 Å². The highest BCUT2D eigenvalue weighted by atomic mass is 16.5. The van der Waals surface area contributed by atoms with Crippen LogP contribution >= 0.6 is 0 Å². The van der Waals surface area contributed by atoms with Gasteiger partial charge in [0.15, 0.2) is 0 Å². The van der Waals surface area contributed by atoms with Crippen molar-refractivity contribution in [3.63, 3.8) is 0 Å². The van der Waals surface area contributed by atoms with Crippen LogP contribution in [0.4, 0.5) is 0 Å². The molecule has 134 valence electrons. The van der Waals surface area contributed by atoms with Crippen LogP contribution in [0.2, 0.25) is 0 Å². The summed E-state index contributed by atoms with van der Waals surface area (Å²) >= 11 is 0. The molecule has 2 aromatic carbocycles. The van der Waals surface area contributed by atoms with Crippen LogP contribution in [-0.4, -0.2) is 24.0 Å². The maximum absolute atomic E-state index is 6.21. The van der Waals surface area contributed by atoms with Gasteiger partial charge in [-0.2, -0.15) is 0 Å². The first-order valence-corrected chi connectivity index (χ1v) is 10.1. The summed E-state index contributed by atoms with van der Waals surface area (Å²) < 4.78 is 6.21. The molecule has 3 aliphatic rings. The Bertz CT molecular complexity index is 866. The fourth-order valence-corrected chi connectivity index (χ4v) is 5.00. The highest BCUT2D eigenvalue weighted by molar-refractivity contribution is 5.87. The summed E-state index contributed by atoms with van der Waals surface area (Å²) in [4.78, 5) is 2.74. The van der Waals surface area contributed by atoms with E-state index in [0.29, 0.717) is 6.61 Å². The third-order valence-electron chi connectivity index (χ3n) is 6.35. The smallest absolute Gasteiger partial charge is 0.127 e. The monoisotopic (exact) mass is 345 g/mol. The number of aryl methyl sites for hydroxylation is 1. The fraction of sp³-hybridized carbons (Fsp3) is 0.417. The number of rotatable bonds is 0. The molecule has 2 fully saturated rings. The number of benzene rings is 2. The molecule has 0 saturated carbocycles. The summed E-state index contributed by atoms with van der Waals surface area (Å²) in [7, 11) is 0. The van der Waals surface area contributed by atoms with Gasteiger partial charge in [-0.25, -0.2) is 0 Å². The Kier molecular flexibility index (Phi) is 4.09. The normalized spacial score (nSPS) is 25.5. The van der Waals surface area contributed by atoms with E-state index < -0.39 is 0 Å². The Morgan fingerprint density at radius 1 is 1.00 bits per heavy atom. The van der Waals surface area contributed by atoms with Crippen LogP contribution in [-0.2, 0) is 6.61 Å². The number of fused-ring (bicyclic) bond motifs is 3. The first-order valence-electron chi connectivity index (χ1n) is 10.1. The molecule has 26 heavy (non-hydrogen) atoms. The van der Waals surface area contributed by atoms with Crippen molar-refractivity contribution in [3.8, 4) is 5.75 Å². The van der Waals surface area contributed by atoms with Crippen LogP contribution < -0.4 is 4.74 Å². The standard InChI is InChI=1S/C24H27NO/c1-17-9-12-23-22(14-17)24(21-8-3-2-6-19(21)16-26-23)18-10-11-20-7-4-5-13-25(20)15-18/h2-3,6,8-9,12,14,20H,4-5,7,10-11,13,15-16H2,1H3. The predicted octanol–water partition coefficient (Wildman–Crippen LogP) is 5.34. The summed E-state index contributed by atoms with van der Waals surface area (Å²) in [5, 5.41) is 0. The van der Waals surface area contributed by atoms with Crippen LogP contribution in [0.3, 0.4) is 0 Å². The maximum Gasteiger partial charge on any atom is 0.127 e. The van der Waals surface area contributed by atoms with Gasteiger partial charge in [0.1, 0.15) is 12.4 Å². The van der Waals surface area contributed by atoms with E-state index in [1.54, 1.807) is 5.57 Å². The third kappa shape index (κ3) is 2.77. The topological polar surface area (TPSA) is 12.5 Å². The lowest BCUT2D eigenvalue weighted by Crippen LogP contribution is -2.43. The average Bonchev–Trinajstić information content (AvgIpc) is 2.84. The largest absolute Gasteiger partial charge is 0.488 e. The zero-order valence-corrected chi connectivity index (χ0v) is 15.6. The van der Waals surface area contributed by atoms with Gasteiger partial charge in [0.2, 0.25) is 0 Å². The van der Waals surface area contributed by atoms with Crippen molar-refractivity contribution in [2.45, 2.75) is 51.7 Å². The van der Waals surface area contributed by atoms with Gasteiger partial charge in [-0.15, -0.1) is 0 Å². The SMILES string of the molecule is Cc1ccc2c(c1)C(=C1CCC3CCCCN3C1)c1ccccc1CO2. The van der Waals surface area contributed by atoms with E-state index in [2.05, 4.69) is 54.3 Å². The summed E-state index contributed by atoms with van der Waals surface area (Å²) in [6, 6.07) is 16.3. The van der Waals surface area contributed by atoms with Gasteiger partial charge < -0.3 is 4.74 Å².